The monoisotopic (exact) mass is 236 g/mol. The summed E-state index contributed by atoms with van der Waals surface area (Å²) < 4.78 is 13.2. The van der Waals surface area contributed by atoms with Crippen LogP contribution in [0.25, 0.3) is 0 Å². The zero-order valence-corrected chi connectivity index (χ0v) is 10.3. The van der Waals surface area contributed by atoms with Crippen LogP contribution in [0.2, 0.25) is 0 Å². The fourth-order valence-corrected chi connectivity index (χ4v) is 1.85. The van der Waals surface area contributed by atoms with Gasteiger partial charge in [0.05, 0.1) is 0 Å². The third-order valence-electron chi connectivity index (χ3n) is 3.27. The molecule has 3 nitrogen and oxygen atoms in total. The maximum Gasteiger partial charge on any atom is 0.246 e. The highest BCUT2D eigenvalue weighted by molar-refractivity contribution is 6.02. The molecule has 2 atom stereocenters. The quantitative estimate of drug-likeness (QED) is 0.846. The number of anilines is 1. The number of carbonyl (C=O) groups is 1. The predicted octanol–water partition coefficient (Wildman–Crippen LogP) is 2.45. The summed E-state index contributed by atoms with van der Waals surface area (Å²) in [6.07, 6.45) is 0. The summed E-state index contributed by atoms with van der Waals surface area (Å²) in [5.74, 6) is -0.0113. The molecule has 0 aliphatic carbocycles. The number of halogens is 1. The van der Waals surface area contributed by atoms with Crippen LogP contribution in [0.1, 0.15) is 32.4 Å². The molecule has 1 amide bonds. The van der Waals surface area contributed by atoms with Gasteiger partial charge in [0.25, 0.3) is 0 Å². The first-order valence-electron chi connectivity index (χ1n) is 5.85. The van der Waals surface area contributed by atoms with E-state index in [1.807, 2.05) is 6.92 Å². The van der Waals surface area contributed by atoms with E-state index in [4.69, 9.17) is 0 Å². The molecule has 0 radical (unpaired) electrons. The van der Waals surface area contributed by atoms with Gasteiger partial charge in [-0.3, -0.25) is 10.1 Å². The van der Waals surface area contributed by atoms with Gasteiger partial charge in [-0.25, -0.2) is 4.39 Å². The minimum Gasteiger partial charge on any atom is -0.324 e. The molecule has 17 heavy (non-hydrogen) atoms. The Morgan fingerprint density at radius 3 is 2.71 bits per heavy atom. The summed E-state index contributed by atoms with van der Waals surface area (Å²) in [5, 5.41) is 5.98. The molecule has 2 rings (SSSR count). The lowest BCUT2D eigenvalue weighted by molar-refractivity contribution is -0.117. The summed E-state index contributed by atoms with van der Waals surface area (Å²) in [6.45, 7) is 6.18. The molecule has 92 valence electrons. The minimum atomic E-state index is -0.446. The number of benzene rings is 1. The van der Waals surface area contributed by atoms with Gasteiger partial charge >= 0.3 is 0 Å². The topological polar surface area (TPSA) is 41.1 Å². The highest BCUT2D eigenvalue weighted by Crippen LogP contribution is 2.31. The average molecular weight is 236 g/mol. The summed E-state index contributed by atoms with van der Waals surface area (Å²) in [5.41, 5.74) is 1.40. The van der Waals surface area contributed by atoms with Crippen LogP contribution < -0.4 is 10.6 Å². The maximum absolute atomic E-state index is 13.2. The van der Waals surface area contributed by atoms with E-state index in [1.165, 1.54) is 12.1 Å². The molecule has 1 aliphatic rings. The lowest BCUT2D eigenvalue weighted by atomic mass is 10.0. The first-order chi connectivity index (χ1) is 7.99. The number of amides is 1. The summed E-state index contributed by atoms with van der Waals surface area (Å²) in [7, 11) is 0. The molecule has 0 fully saturated rings. The van der Waals surface area contributed by atoms with Crippen molar-refractivity contribution in [2.24, 2.45) is 5.92 Å². The van der Waals surface area contributed by atoms with E-state index < -0.39 is 6.04 Å². The average Bonchev–Trinajstić information content (AvgIpc) is 2.55. The van der Waals surface area contributed by atoms with Crippen molar-refractivity contribution in [3.05, 3.63) is 29.6 Å². The Balaban J connectivity index is 2.25. The molecule has 2 unspecified atom stereocenters. The van der Waals surface area contributed by atoms with Gasteiger partial charge in [0, 0.05) is 17.3 Å². The zero-order valence-electron chi connectivity index (χ0n) is 10.3. The highest BCUT2D eigenvalue weighted by atomic mass is 19.1. The van der Waals surface area contributed by atoms with Crippen molar-refractivity contribution in [3.8, 4) is 0 Å². The number of hydrogen-bond acceptors (Lipinski definition) is 2. The van der Waals surface area contributed by atoms with Crippen molar-refractivity contribution in [1.82, 2.24) is 5.32 Å². The van der Waals surface area contributed by atoms with Gasteiger partial charge < -0.3 is 5.32 Å². The standard InChI is InChI=1S/C13H17FN2O/c1-7(2)8(3)15-12-10-6-9(14)4-5-11(10)16-13(12)17/h4-8,12,15H,1-3H3,(H,16,17). The highest BCUT2D eigenvalue weighted by Gasteiger charge is 2.31. The fraction of sp³-hybridized carbons (Fsp3) is 0.462. The molecule has 0 saturated carbocycles. The second-order valence-corrected chi connectivity index (χ2v) is 4.85. The Hall–Kier alpha value is -1.42. The van der Waals surface area contributed by atoms with Crippen molar-refractivity contribution < 1.29 is 9.18 Å². The Bertz CT molecular complexity index is 445. The van der Waals surface area contributed by atoms with Crippen LogP contribution >= 0.6 is 0 Å². The van der Waals surface area contributed by atoms with Crippen LogP contribution in [-0.4, -0.2) is 11.9 Å². The molecule has 1 aromatic rings. The number of nitrogens with one attached hydrogen (secondary N) is 2. The van der Waals surface area contributed by atoms with Gasteiger partial charge in [-0.1, -0.05) is 13.8 Å². The van der Waals surface area contributed by atoms with Crippen molar-refractivity contribution >= 4 is 11.6 Å². The smallest absolute Gasteiger partial charge is 0.246 e. The van der Waals surface area contributed by atoms with Crippen molar-refractivity contribution in [1.29, 1.82) is 0 Å². The molecule has 0 bridgehead atoms. The van der Waals surface area contributed by atoms with E-state index in [0.717, 1.165) is 0 Å². The van der Waals surface area contributed by atoms with Gasteiger partial charge in [0.1, 0.15) is 11.9 Å². The van der Waals surface area contributed by atoms with Crippen LogP contribution in [0.4, 0.5) is 10.1 Å². The zero-order chi connectivity index (χ0) is 12.6. The van der Waals surface area contributed by atoms with Crippen LogP contribution in [-0.2, 0) is 4.79 Å². The fourth-order valence-electron chi connectivity index (χ4n) is 1.85. The molecule has 1 aliphatic heterocycles. The van der Waals surface area contributed by atoms with E-state index in [9.17, 15) is 9.18 Å². The van der Waals surface area contributed by atoms with Crippen molar-refractivity contribution in [2.75, 3.05) is 5.32 Å². The molecule has 0 spiro atoms. The summed E-state index contributed by atoms with van der Waals surface area (Å²) >= 11 is 0. The molecule has 0 aromatic heterocycles. The second-order valence-electron chi connectivity index (χ2n) is 4.85. The maximum atomic E-state index is 13.2. The lowest BCUT2D eigenvalue weighted by Gasteiger charge is -2.21. The van der Waals surface area contributed by atoms with Gasteiger partial charge in [-0.05, 0) is 31.0 Å². The molecular weight excluding hydrogens is 219 g/mol. The molecular formula is C13H17FN2O. The van der Waals surface area contributed by atoms with Crippen molar-refractivity contribution in [2.45, 2.75) is 32.9 Å². The Kier molecular flexibility index (Phi) is 3.15. The number of hydrogen-bond donors (Lipinski definition) is 2. The van der Waals surface area contributed by atoms with Crippen LogP contribution in [0.5, 0.6) is 0 Å². The lowest BCUT2D eigenvalue weighted by Crippen LogP contribution is -2.37. The third-order valence-corrected chi connectivity index (χ3v) is 3.27. The molecule has 1 heterocycles. The number of fused-ring (bicyclic) bond motifs is 1. The Morgan fingerprint density at radius 2 is 2.06 bits per heavy atom. The van der Waals surface area contributed by atoms with Gasteiger partial charge in [-0.2, -0.15) is 0 Å². The van der Waals surface area contributed by atoms with E-state index in [-0.39, 0.29) is 17.8 Å². The first kappa shape index (κ1) is 12.0. The SMILES string of the molecule is CC(C)C(C)NC1C(=O)Nc2ccc(F)cc21. The normalized spacial score (nSPS) is 20.3. The predicted molar refractivity (Wildman–Crippen MR) is 65.2 cm³/mol. The van der Waals surface area contributed by atoms with Gasteiger partial charge in [0.2, 0.25) is 5.91 Å². The van der Waals surface area contributed by atoms with Gasteiger partial charge in [0.15, 0.2) is 0 Å². The van der Waals surface area contributed by atoms with E-state index in [2.05, 4.69) is 24.5 Å². The largest absolute Gasteiger partial charge is 0.324 e. The Labute approximate surface area is 100 Å². The molecule has 0 saturated heterocycles. The van der Waals surface area contributed by atoms with E-state index in [0.29, 0.717) is 17.2 Å². The van der Waals surface area contributed by atoms with E-state index >= 15 is 0 Å². The second kappa shape index (κ2) is 4.45. The number of carbonyl (C=O) groups excluding carboxylic acids is 1. The van der Waals surface area contributed by atoms with Crippen LogP contribution in [0.3, 0.4) is 0 Å². The third kappa shape index (κ3) is 2.31. The van der Waals surface area contributed by atoms with Crippen LogP contribution in [0.15, 0.2) is 18.2 Å². The molecule has 1 aromatic carbocycles. The Morgan fingerprint density at radius 1 is 1.35 bits per heavy atom. The first-order valence-corrected chi connectivity index (χ1v) is 5.85. The van der Waals surface area contributed by atoms with Gasteiger partial charge in [-0.15, -0.1) is 0 Å². The van der Waals surface area contributed by atoms with Crippen molar-refractivity contribution in [3.63, 3.8) is 0 Å². The van der Waals surface area contributed by atoms with Crippen LogP contribution in [0, 0.1) is 11.7 Å². The summed E-state index contributed by atoms with van der Waals surface area (Å²) in [6, 6.07) is 4.12. The molecule has 4 heteroatoms. The van der Waals surface area contributed by atoms with E-state index in [1.54, 1.807) is 6.07 Å². The minimum absolute atomic E-state index is 0.113. The number of rotatable bonds is 3. The molecule has 2 N–H and O–H groups in total. The summed E-state index contributed by atoms with van der Waals surface area (Å²) in [4.78, 5) is 11.8.